The van der Waals surface area contributed by atoms with Crippen LogP contribution in [0, 0.1) is 0 Å². The quantitative estimate of drug-likeness (QED) is 0.705. The van der Waals surface area contributed by atoms with E-state index in [2.05, 4.69) is 34.9 Å². The van der Waals surface area contributed by atoms with E-state index in [1.807, 2.05) is 29.5 Å². The van der Waals surface area contributed by atoms with Crippen molar-refractivity contribution >= 4 is 39.7 Å². The summed E-state index contributed by atoms with van der Waals surface area (Å²) in [5.74, 6) is 1.52. The van der Waals surface area contributed by atoms with Crippen LogP contribution in [-0.2, 0) is 24.3 Å². The molecule has 3 heterocycles. The summed E-state index contributed by atoms with van der Waals surface area (Å²) in [6.45, 7) is 1.48. The van der Waals surface area contributed by atoms with Crippen LogP contribution >= 0.6 is 23.7 Å². The number of carbonyl (C=O) groups is 1. The minimum Gasteiger partial charge on any atom is -0.454 e. The fourth-order valence-electron chi connectivity index (χ4n) is 3.56. The average Bonchev–Trinajstić information content (AvgIpc) is 3.29. The van der Waals surface area contributed by atoms with Crippen molar-refractivity contribution in [2.24, 2.45) is 0 Å². The summed E-state index contributed by atoms with van der Waals surface area (Å²) >= 11 is 1.82. The van der Waals surface area contributed by atoms with Crippen LogP contribution in [0.2, 0.25) is 0 Å². The maximum atomic E-state index is 12.6. The first-order valence-electron chi connectivity index (χ1n) is 8.67. The summed E-state index contributed by atoms with van der Waals surface area (Å²) in [5, 5.41) is 7.68. The van der Waals surface area contributed by atoms with Gasteiger partial charge in [0.25, 0.3) is 0 Å². The van der Waals surface area contributed by atoms with E-state index in [9.17, 15) is 4.79 Å². The molecule has 1 aromatic heterocycles. The Balaban J connectivity index is 0.00000180. The third kappa shape index (κ3) is 3.36. The smallest absolute Gasteiger partial charge is 0.237 e. The van der Waals surface area contributed by atoms with Crippen LogP contribution in [-0.4, -0.2) is 18.7 Å². The summed E-state index contributed by atoms with van der Waals surface area (Å²) < 4.78 is 12.0. The first kappa shape index (κ1) is 18.1. The van der Waals surface area contributed by atoms with Crippen molar-refractivity contribution < 1.29 is 14.3 Å². The van der Waals surface area contributed by atoms with Gasteiger partial charge in [-0.25, -0.2) is 0 Å². The second-order valence-corrected chi connectivity index (χ2v) is 7.68. The highest BCUT2D eigenvalue weighted by Gasteiger charge is 2.27. The second-order valence-electron chi connectivity index (χ2n) is 6.54. The Hall–Kier alpha value is -2.28. The van der Waals surface area contributed by atoms with Gasteiger partial charge in [0.1, 0.15) is 0 Å². The highest BCUT2D eigenvalue weighted by Crippen LogP contribution is 2.34. The van der Waals surface area contributed by atoms with Gasteiger partial charge in [-0.15, -0.1) is 23.7 Å². The van der Waals surface area contributed by atoms with Crippen LogP contribution in [0.25, 0.3) is 10.1 Å². The number of hydrogen-bond donors (Lipinski definition) is 2. The van der Waals surface area contributed by atoms with Crippen molar-refractivity contribution in [3.63, 3.8) is 0 Å². The molecule has 0 unspecified atom stereocenters. The van der Waals surface area contributed by atoms with E-state index in [0.717, 1.165) is 30.0 Å². The van der Waals surface area contributed by atoms with Crippen LogP contribution in [0.1, 0.15) is 16.0 Å². The summed E-state index contributed by atoms with van der Waals surface area (Å²) in [7, 11) is 0. The molecule has 5 rings (SSSR count). The molecule has 2 aliphatic heterocycles. The van der Waals surface area contributed by atoms with Crippen molar-refractivity contribution in [1.82, 2.24) is 10.6 Å². The van der Waals surface area contributed by atoms with Crippen molar-refractivity contribution in [2.45, 2.75) is 25.6 Å². The van der Waals surface area contributed by atoms with Gasteiger partial charge in [0.2, 0.25) is 12.7 Å². The first-order valence-corrected chi connectivity index (χ1v) is 9.48. The zero-order valence-electron chi connectivity index (χ0n) is 14.5. The Morgan fingerprint density at radius 2 is 2.04 bits per heavy atom. The predicted molar refractivity (Wildman–Crippen MR) is 108 cm³/mol. The maximum Gasteiger partial charge on any atom is 0.237 e. The summed E-state index contributed by atoms with van der Waals surface area (Å²) in [6.07, 6.45) is 0.728. The number of benzene rings is 2. The number of halogens is 1. The SMILES string of the molecule is Cl.O=C(NCc1ccc2c(c1)OCO2)[C@H]1Cc2c(sc3ccccc23)CN1. The minimum absolute atomic E-state index is 0. The number of fused-ring (bicyclic) bond motifs is 4. The lowest BCUT2D eigenvalue weighted by Crippen LogP contribution is -2.47. The van der Waals surface area contributed by atoms with E-state index >= 15 is 0 Å². The van der Waals surface area contributed by atoms with Gasteiger partial charge in [-0.3, -0.25) is 4.79 Å². The highest BCUT2D eigenvalue weighted by atomic mass is 35.5. The number of rotatable bonds is 3. The molecule has 0 saturated carbocycles. The third-order valence-corrected chi connectivity index (χ3v) is 6.13. The van der Waals surface area contributed by atoms with Crippen LogP contribution in [0.3, 0.4) is 0 Å². The van der Waals surface area contributed by atoms with Crippen molar-refractivity contribution in [1.29, 1.82) is 0 Å². The van der Waals surface area contributed by atoms with Crippen molar-refractivity contribution in [3.05, 3.63) is 58.5 Å². The van der Waals surface area contributed by atoms with Gasteiger partial charge in [-0.05, 0) is 41.1 Å². The van der Waals surface area contributed by atoms with E-state index in [-0.39, 0.29) is 31.1 Å². The average molecular weight is 403 g/mol. The molecule has 1 amide bonds. The monoisotopic (exact) mass is 402 g/mol. The fraction of sp³-hybridized carbons (Fsp3) is 0.250. The van der Waals surface area contributed by atoms with Gasteiger partial charge in [0.05, 0.1) is 6.04 Å². The topological polar surface area (TPSA) is 59.6 Å². The van der Waals surface area contributed by atoms with E-state index in [0.29, 0.717) is 6.54 Å². The van der Waals surface area contributed by atoms with Crippen molar-refractivity contribution in [3.8, 4) is 11.5 Å². The highest BCUT2D eigenvalue weighted by molar-refractivity contribution is 7.19. The van der Waals surface area contributed by atoms with Crippen LogP contribution in [0.15, 0.2) is 42.5 Å². The molecule has 140 valence electrons. The maximum absolute atomic E-state index is 12.6. The molecule has 7 heteroatoms. The molecule has 27 heavy (non-hydrogen) atoms. The summed E-state index contributed by atoms with van der Waals surface area (Å²) in [4.78, 5) is 14.0. The Bertz CT molecular complexity index is 1000. The molecule has 5 nitrogen and oxygen atoms in total. The lowest BCUT2D eigenvalue weighted by atomic mass is 9.98. The van der Waals surface area contributed by atoms with Gasteiger partial charge in [0.15, 0.2) is 11.5 Å². The van der Waals surface area contributed by atoms with Crippen molar-refractivity contribution in [2.75, 3.05) is 6.79 Å². The van der Waals surface area contributed by atoms with Crippen LogP contribution in [0.5, 0.6) is 11.5 Å². The second kappa shape index (κ2) is 7.38. The molecule has 0 aliphatic carbocycles. The van der Waals surface area contributed by atoms with Crippen LogP contribution in [0.4, 0.5) is 0 Å². The molecule has 3 aromatic rings. The molecule has 0 saturated heterocycles. The zero-order valence-corrected chi connectivity index (χ0v) is 16.1. The first-order chi connectivity index (χ1) is 12.8. The molecule has 2 aromatic carbocycles. The Morgan fingerprint density at radius 1 is 1.19 bits per heavy atom. The zero-order chi connectivity index (χ0) is 17.5. The number of carbonyl (C=O) groups excluding carboxylic acids is 1. The van der Waals surface area contributed by atoms with E-state index < -0.39 is 0 Å². The molecule has 0 spiro atoms. The molecule has 1 atom stereocenters. The number of amides is 1. The summed E-state index contributed by atoms with van der Waals surface area (Å²) in [5.41, 5.74) is 2.31. The number of hydrogen-bond acceptors (Lipinski definition) is 5. The van der Waals surface area contributed by atoms with Gasteiger partial charge >= 0.3 is 0 Å². The Labute approximate surface area is 167 Å². The fourth-order valence-corrected chi connectivity index (χ4v) is 4.74. The molecule has 0 bridgehead atoms. The van der Waals surface area contributed by atoms with E-state index in [4.69, 9.17) is 9.47 Å². The van der Waals surface area contributed by atoms with E-state index in [1.54, 1.807) is 0 Å². The lowest BCUT2D eigenvalue weighted by molar-refractivity contribution is -0.123. The van der Waals surface area contributed by atoms with Gasteiger partial charge in [0, 0.05) is 22.7 Å². The van der Waals surface area contributed by atoms with Crippen LogP contribution < -0.4 is 20.1 Å². The Kier molecular flexibility index (Phi) is 4.95. The molecule has 0 radical (unpaired) electrons. The van der Waals surface area contributed by atoms with Gasteiger partial charge < -0.3 is 20.1 Å². The molecule has 2 aliphatic rings. The van der Waals surface area contributed by atoms with Gasteiger partial charge in [-0.2, -0.15) is 0 Å². The minimum atomic E-state index is -0.200. The van der Waals surface area contributed by atoms with Gasteiger partial charge in [-0.1, -0.05) is 24.3 Å². The Morgan fingerprint density at radius 3 is 2.96 bits per heavy atom. The van der Waals surface area contributed by atoms with E-state index in [1.165, 1.54) is 20.5 Å². The predicted octanol–water partition coefficient (Wildman–Crippen LogP) is 3.38. The third-order valence-electron chi connectivity index (χ3n) is 4.92. The lowest BCUT2D eigenvalue weighted by Gasteiger charge is -2.23. The molecular weight excluding hydrogens is 384 g/mol. The standard InChI is InChI=1S/C20H18N2O3S.ClH/c23-20(22-9-12-5-6-16-17(7-12)25-11-24-16)15-8-14-13-3-1-2-4-18(13)26-19(14)10-21-15;/h1-7,15,21H,8-11H2,(H,22,23);1H/t15-;/m1./s1. The normalized spacial score (nSPS) is 17.3. The molecule has 0 fully saturated rings. The number of thiophene rings is 1. The summed E-state index contributed by atoms with van der Waals surface area (Å²) in [6, 6.07) is 14.0. The molecular formula is C20H19ClN2O3S. The molecule has 2 N–H and O–H groups in total. The number of nitrogens with one attached hydrogen (secondary N) is 2. The number of ether oxygens (including phenoxy) is 2. The largest absolute Gasteiger partial charge is 0.454 e.